The third-order valence-electron chi connectivity index (χ3n) is 4.86. The Morgan fingerprint density at radius 1 is 1.31 bits per heavy atom. The summed E-state index contributed by atoms with van der Waals surface area (Å²) in [5, 5.41) is 9.94. The third-order valence-corrected chi connectivity index (χ3v) is 4.86. The molecular weight excluding hydrogens is 336 g/mol. The van der Waals surface area contributed by atoms with Crippen LogP contribution in [0.1, 0.15) is 47.4 Å². The predicted molar refractivity (Wildman–Crippen MR) is 92.6 cm³/mol. The highest BCUT2D eigenvalue weighted by atomic mass is 16.5. The second kappa shape index (κ2) is 7.33. The highest BCUT2D eigenvalue weighted by Gasteiger charge is 2.23. The van der Waals surface area contributed by atoms with Gasteiger partial charge in [0.2, 0.25) is 5.91 Å². The van der Waals surface area contributed by atoms with Crippen molar-refractivity contribution in [2.24, 2.45) is 0 Å². The van der Waals surface area contributed by atoms with Gasteiger partial charge in [-0.1, -0.05) is 12.8 Å². The SMILES string of the molecule is O=C(Cn1cc(NC(=O)c2occ3c2CCOC3)cn1)NC1CCCC1. The molecule has 0 atom stereocenters. The van der Waals surface area contributed by atoms with E-state index in [1.165, 1.54) is 23.7 Å². The van der Waals surface area contributed by atoms with Gasteiger partial charge in [-0.3, -0.25) is 14.3 Å². The molecule has 4 rings (SSSR count). The van der Waals surface area contributed by atoms with Gasteiger partial charge in [0.05, 0.1) is 31.4 Å². The van der Waals surface area contributed by atoms with Crippen LogP contribution in [-0.2, 0) is 29.1 Å². The maximum absolute atomic E-state index is 12.4. The maximum atomic E-state index is 12.4. The van der Waals surface area contributed by atoms with Gasteiger partial charge in [-0.05, 0) is 12.8 Å². The first kappa shape index (κ1) is 16.8. The number of hydrogen-bond donors (Lipinski definition) is 2. The zero-order valence-electron chi connectivity index (χ0n) is 14.5. The van der Waals surface area contributed by atoms with Gasteiger partial charge in [0, 0.05) is 29.8 Å². The van der Waals surface area contributed by atoms with Crippen LogP contribution in [-0.4, -0.2) is 34.2 Å². The molecule has 0 bridgehead atoms. The first-order chi connectivity index (χ1) is 12.7. The molecule has 1 aliphatic heterocycles. The molecule has 138 valence electrons. The lowest BCUT2D eigenvalue weighted by atomic mass is 10.1. The number of carbonyl (C=O) groups is 2. The molecule has 2 aliphatic rings. The molecule has 2 aromatic rings. The van der Waals surface area contributed by atoms with Crippen LogP contribution in [0.4, 0.5) is 5.69 Å². The van der Waals surface area contributed by atoms with E-state index in [1.807, 2.05) is 0 Å². The Bertz CT molecular complexity index is 804. The molecule has 1 saturated carbocycles. The smallest absolute Gasteiger partial charge is 0.291 e. The van der Waals surface area contributed by atoms with Crippen molar-refractivity contribution in [1.29, 1.82) is 0 Å². The van der Waals surface area contributed by atoms with E-state index in [0.717, 1.165) is 24.0 Å². The van der Waals surface area contributed by atoms with Crippen molar-refractivity contribution < 1.29 is 18.7 Å². The van der Waals surface area contributed by atoms with Crippen LogP contribution >= 0.6 is 0 Å². The Balaban J connectivity index is 1.35. The minimum absolute atomic E-state index is 0.0574. The van der Waals surface area contributed by atoms with Crippen molar-refractivity contribution in [2.45, 2.75) is 51.3 Å². The van der Waals surface area contributed by atoms with Gasteiger partial charge in [0.15, 0.2) is 5.76 Å². The topological polar surface area (TPSA) is 98.4 Å². The van der Waals surface area contributed by atoms with Crippen molar-refractivity contribution in [2.75, 3.05) is 11.9 Å². The van der Waals surface area contributed by atoms with Gasteiger partial charge in [0.25, 0.3) is 5.91 Å². The number of aromatic nitrogens is 2. The number of nitrogens with one attached hydrogen (secondary N) is 2. The largest absolute Gasteiger partial charge is 0.458 e. The first-order valence-corrected chi connectivity index (χ1v) is 8.99. The minimum Gasteiger partial charge on any atom is -0.458 e. The number of amides is 2. The number of ether oxygens (including phenoxy) is 1. The fraction of sp³-hybridized carbons (Fsp3) is 0.500. The molecule has 0 spiro atoms. The van der Waals surface area contributed by atoms with Crippen LogP contribution in [0.15, 0.2) is 23.1 Å². The second-order valence-corrected chi connectivity index (χ2v) is 6.80. The monoisotopic (exact) mass is 358 g/mol. The van der Waals surface area contributed by atoms with Gasteiger partial charge in [0.1, 0.15) is 6.54 Å². The summed E-state index contributed by atoms with van der Waals surface area (Å²) in [6.45, 7) is 1.20. The molecule has 1 fully saturated rings. The summed E-state index contributed by atoms with van der Waals surface area (Å²) in [6.07, 6.45) is 9.84. The van der Waals surface area contributed by atoms with E-state index in [-0.39, 0.29) is 24.4 Å². The number of hydrogen-bond acceptors (Lipinski definition) is 5. The zero-order chi connectivity index (χ0) is 17.9. The summed E-state index contributed by atoms with van der Waals surface area (Å²) in [5.74, 6) is -0.0592. The summed E-state index contributed by atoms with van der Waals surface area (Å²) >= 11 is 0. The highest BCUT2D eigenvalue weighted by Crippen LogP contribution is 2.23. The number of rotatable bonds is 5. The van der Waals surface area contributed by atoms with Gasteiger partial charge >= 0.3 is 0 Å². The Morgan fingerprint density at radius 3 is 3.00 bits per heavy atom. The third kappa shape index (κ3) is 3.65. The first-order valence-electron chi connectivity index (χ1n) is 8.99. The predicted octanol–water partition coefficient (Wildman–Crippen LogP) is 1.86. The molecule has 0 saturated heterocycles. The molecule has 26 heavy (non-hydrogen) atoms. The molecule has 0 unspecified atom stereocenters. The van der Waals surface area contributed by atoms with Crippen molar-refractivity contribution in [3.63, 3.8) is 0 Å². The number of furan rings is 1. The summed E-state index contributed by atoms with van der Waals surface area (Å²) in [6, 6.07) is 0.284. The van der Waals surface area contributed by atoms with Gasteiger partial charge in [-0.2, -0.15) is 5.10 Å². The fourth-order valence-electron chi connectivity index (χ4n) is 3.55. The average Bonchev–Trinajstić information content (AvgIpc) is 3.35. The van der Waals surface area contributed by atoms with Crippen LogP contribution in [0, 0.1) is 0 Å². The molecular formula is C18H22N4O4. The number of anilines is 1. The van der Waals surface area contributed by atoms with Crippen LogP contribution in [0.25, 0.3) is 0 Å². The van der Waals surface area contributed by atoms with Gasteiger partial charge in [-0.15, -0.1) is 0 Å². The van der Waals surface area contributed by atoms with E-state index in [4.69, 9.17) is 9.15 Å². The molecule has 3 heterocycles. The normalized spacial score (nSPS) is 17.1. The van der Waals surface area contributed by atoms with E-state index < -0.39 is 0 Å². The van der Waals surface area contributed by atoms with Crippen LogP contribution in [0.3, 0.4) is 0 Å². The molecule has 2 aromatic heterocycles. The van der Waals surface area contributed by atoms with Crippen LogP contribution in [0.2, 0.25) is 0 Å². The average molecular weight is 358 g/mol. The zero-order valence-corrected chi connectivity index (χ0v) is 14.5. The van der Waals surface area contributed by atoms with E-state index in [2.05, 4.69) is 15.7 Å². The van der Waals surface area contributed by atoms with E-state index in [1.54, 1.807) is 12.5 Å². The molecule has 2 N–H and O–H groups in total. The van der Waals surface area contributed by atoms with Crippen molar-refractivity contribution in [3.8, 4) is 0 Å². The lowest BCUT2D eigenvalue weighted by molar-refractivity contribution is -0.122. The maximum Gasteiger partial charge on any atom is 0.291 e. The number of fused-ring (bicyclic) bond motifs is 1. The standard InChI is InChI=1S/C18H22N4O4/c23-16(20-13-3-1-2-4-13)9-22-8-14(7-19-22)21-18(24)17-15-5-6-25-10-12(15)11-26-17/h7-8,11,13H,1-6,9-10H2,(H,20,23)(H,21,24). The summed E-state index contributed by atoms with van der Waals surface area (Å²) in [4.78, 5) is 24.5. The second-order valence-electron chi connectivity index (χ2n) is 6.80. The molecule has 0 radical (unpaired) electrons. The quantitative estimate of drug-likeness (QED) is 0.850. The molecule has 8 heteroatoms. The fourth-order valence-corrected chi connectivity index (χ4v) is 3.55. The molecule has 1 aliphatic carbocycles. The van der Waals surface area contributed by atoms with Crippen molar-refractivity contribution in [1.82, 2.24) is 15.1 Å². The molecule has 2 amide bonds. The Labute approximate surface area is 150 Å². The Hall–Kier alpha value is -2.61. The van der Waals surface area contributed by atoms with Crippen molar-refractivity contribution >= 4 is 17.5 Å². The molecule has 8 nitrogen and oxygen atoms in total. The Morgan fingerprint density at radius 2 is 2.15 bits per heavy atom. The van der Waals surface area contributed by atoms with E-state index in [0.29, 0.717) is 31.1 Å². The van der Waals surface area contributed by atoms with Crippen molar-refractivity contribution in [3.05, 3.63) is 35.5 Å². The summed E-state index contributed by atoms with van der Waals surface area (Å²) < 4.78 is 12.3. The van der Waals surface area contributed by atoms with Crippen LogP contribution in [0.5, 0.6) is 0 Å². The highest BCUT2D eigenvalue weighted by molar-refractivity contribution is 6.03. The lowest BCUT2D eigenvalue weighted by Gasteiger charge is -2.12. The lowest BCUT2D eigenvalue weighted by Crippen LogP contribution is -2.35. The van der Waals surface area contributed by atoms with Gasteiger partial charge < -0.3 is 19.8 Å². The van der Waals surface area contributed by atoms with Crippen LogP contribution < -0.4 is 10.6 Å². The number of carbonyl (C=O) groups excluding carboxylic acids is 2. The van der Waals surface area contributed by atoms with E-state index >= 15 is 0 Å². The summed E-state index contributed by atoms with van der Waals surface area (Å²) in [5.41, 5.74) is 2.35. The van der Waals surface area contributed by atoms with Gasteiger partial charge in [-0.25, -0.2) is 0 Å². The number of nitrogens with zero attached hydrogens (tertiary/aromatic N) is 2. The minimum atomic E-state index is -0.317. The Kier molecular flexibility index (Phi) is 4.75. The van der Waals surface area contributed by atoms with E-state index in [9.17, 15) is 9.59 Å². The molecule has 0 aromatic carbocycles. The summed E-state index contributed by atoms with van der Waals surface area (Å²) in [7, 11) is 0.